The molecule has 2 rings (SSSR count). The highest BCUT2D eigenvalue weighted by Gasteiger charge is 2.18. The third-order valence-corrected chi connectivity index (χ3v) is 2.74. The van der Waals surface area contributed by atoms with Gasteiger partial charge in [-0.2, -0.15) is 0 Å². The number of allylic oxidation sites excluding steroid dienone is 1. The minimum absolute atomic E-state index is 0.226. The van der Waals surface area contributed by atoms with E-state index in [1.54, 1.807) is 7.11 Å². The van der Waals surface area contributed by atoms with E-state index in [1.165, 1.54) is 0 Å². The third-order valence-electron chi connectivity index (χ3n) is 2.74. The molecule has 0 aromatic heterocycles. The summed E-state index contributed by atoms with van der Waals surface area (Å²) in [5, 5.41) is 0. The topological polar surface area (TPSA) is 44.5 Å². The smallest absolute Gasteiger partial charge is 0.124 e. The molecule has 0 spiro atoms. The Morgan fingerprint density at radius 3 is 2.88 bits per heavy atom. The molecule has 16 heavy (non-hydrogen) atoms. The van der Waals surface area contributed by atoms with Crippen LogP contribution in [0.3, 0.4) is 0 Å². The second-order valence-corrected chi connectivity index (χ2v) is 3.82. The van der Waals surface area contributed by atoms with Crippen LogP contribution in [-0.2, 0) is 4.74 Å². The summed E-state index contributed by atoms with van der Waals surface area (Å²) < 4.78 is 10.9. The number of ether oxygens (including phenoxy) is 2. The van der Waals surface area contributed by atoms with E-state index in [-0.39, 0.29) is 6.04 Å². The average Bonchev–Trinajstić information content (AvgIpc) is 2.39. The predicted octanol–water partition coefficient (Wildman–Crippen LogP) is 2.39. The van der Waals surface area contributed by atoms with Gasteiger partial charge < -0.3 is 15.2 Å². The second-order valence-electron chi connectivity index (χ2n) is 3.82. The van der Waals surface area contributed by atoms with E-state index >= 15 is 0 Å². The monoisotopic (exact) mass is 219 g/mol. The quantitative estimate of drug-likeness (QED) is 0.849. The van der Waals surface area contributed by atoms with Crippen molar-refractivity contribution in [3.63, 3.8) is 0 Å². The maximum absolute atomic E-state index is 6.17. The minimum atomic E-state index is -0.226. The molecule has 1 aliphatic heterocycles. The van der Waals surface area contributed by atoms with Crippen LogP contribution < -0.4 is 10.5 Å². The fraction of sp³-hybridized carbons (Fsp3) is 0.385. The van der Waals surface area contributed by atoms with E-state index in [4.69, 9.17) is 15.2 Å². The normalized spacial score (nSPS) is 17.2. The lowest BCUT2D eigenvalue weighted by Crippen LogP contribution is -2.18. The second kappa shape index (κ2) is 5.03. The molecular weight excluding hydrogens is 202 g/mol. The molecule has 1 heterocycles. The molecular formula is C13H17NO2. The van der Waals surface area contributed by atoms with E-state index in [2.05, 4.69) is 6.08 Å². The lowest BCUT2D eigenvalue weighted by Gasteiger charge is -2.22. The Hall–Kier alpha value is -1.48. The van der Waals surface area contributed by atoms with Gasteiger partial charge in [0.25, 0.3) is 0 Å². The first-order valence-corrected chi connectivity index (χ1v) is 5.54. The van der Waals surface area contributed by atoms with Gasteiger partial charge >= 0.3 is 0 Å². The van der Waals surface area contributed by atoms with E-state index in [1.807, 2.05) is 24.3 Å². The SMILES string of the molecule is COc1ccccc1C(N)C1=CCCCO1. The van der Waals surface area contributed by atoms with Crippen LogP contribution in [0.4, 0.5) is 0 Å². The number of rotatable bonds is 3. The number of methoxy groups -OCH3 is 1. The molecule has 1 atom stereocenters. The highest BCUT2D eigenvalue weighted by Crippen LogP contribution is 2.30. The van der Waals surface area contributed by atoms with Crippen molar-refractivity contribution in [2.45, 2.75) is 18.9 Å². The van der Waals surface area contributed by atoms with Crippen molar-refractivity contribution in [3.05, 3.63) is 41.7 Å². The molecule has 0 fully saturated rings. The van der Waals surface area contributed by atoms with Crippen LogP contribution in [0.2, 0.25) is 0 Å². The molecule has 1 unspecified atom stereocenters. The zero-order valence-corrected chi connectivity index (χ0v) is 9.48. The molecule has 1 aromatic carbocycles. The van der Waals surface area contributed by atoms with E-state index < -0.39 is 0 Å². The third kappa shape index (κ3) is 2.19. The predicted molar refractivity (Wildman–Crippen MR) is 63.2 cm³/mol. The standard InChI is InChI=1S/C13H17NO2/c1-15-11-7-3-2-6-10(11)13(14)12-8-4-5-9-16-12/h2-3,6-8,13H,4-5,9,14H2,1H3. The van der Waals surface area contributed by atoms with Crippen molar-refractivity contribution in [1.82, 2.24) is 0 Å². The van der Waals surface area contributed by atoms with Crippen molar-refractivity contribution < 1.29 is 9.47 Å². The Labute approximate surface area is 95.9 Å². The largest absolute Gasteiger partial charge is 0.496 e. The van der Waals surface area contributed by atoms with Gasteiger partial charge in [0.05, 0.1) is 19.8 Å². The first-order valence-electron chi connectivity index (χ1n) is 5.54. The molecule has 0 amide bonds. The van der Waals surface area contributed by atoms with Crippen molar-refractivity contribution in [1.29, 1.82) is 0 Å². The summed E-state index contributed by atoms with van der Waals surface area (Å²) in [6, 6.07) is 7.56. The number of hydrogen-bond acceptors (Lipinski definition) is 3. The number of nitrogens with two attached hydrogens (primary N) is 1. The van der Waals surface area contributed by atoms with Gasteiger partial charge in [-0.25, -0.2) is 0 Å². The van der Waals surface area contributed by atoms with Gasteiger partial charge in [-0.05, 0) is 25.0 Å². The number of hydrogen-bond donors (Lipinski definition) is 1. The van der Waals surface area contributed by atoms with Gasteiger partial charge in [-0.15, -0.1) is 0 Å². The minimum Gasteiger partial charge on any atom is -0.496 e. The molecule has 0 radical (unpaired) electrons. The highest BCUT2D eigenvalue weighted by atomic mass is 16.5. The maximum atomic E-state index is 6.17. The Morgan fingerprint density at radius 2 is 2.19 bits per heavy atom. The van der Waals surface area contributed by atoms with Crippen molar-refractivity contribution >= 4 is 0 Å². The zero-order valence-electron chi connectivity index (χ0n) is 9.48. The fourth-order valence-electron chi connectivity index (χ4n) is 1.87. The van der Waals surface area contributed by atoms with Crippen LogP contribution in [0.1, 0.15) is 24.4 Å². The molecule has 1 aromatic rings. The number of para-hydroxylation sites is 1. The van der Waals surface area contributed by atoms with E-state index in [0.717, 1.165) is 36.5 Å². The van der Waals surface area contributed by atoms with Crippen LogP contribution in [0.5, 0.6) is 5.75 Å². The van der Waals surface area contributed by atoms with Gasteiger partial charge in [-0.3, -0.25) is 0 Å². The molecule has 0 bridgehead atoms. The summed E-state index contributed by atoms with van der Waals surface area (Å²) in [5.74, 6) is 1.67. The van der Waals surface area contributed by atoms with E-state index in [9.17, 15) is 0 Å². The first kappa shape index (κ1) is 11.0. The summed E-state index contributed by atoms with van der Waals surface area (Å²) in [7, 11) is 1.65. The Morgan fingerprint density at radius 1 is 1.38 bits per heavy atom. The lowest BCUT2D eigenvalue weighted by atomic mass is 10.0. The van der Waals surface area contributed by atoms with Crippen molar-refractivity contribution in [3.8, 4) is 5.75 Å². The summed E-state index contributed by atoms with van der Waals surface area (Å²) >= 11 is 0. The highest BCUT2D eigenvalue weighted by molar-refractivity contribution is 5.39. The Bertz CT molecular complexity index is 387. The molecule has 1 aliphatic rings. The Balaban J connectivity index is 2.25. The molecule has 3 heteroatoms. The van der Waals surface area contributed by atoms with Gasteiger partial charge in [0, 0.05) is 5.56 Å². The van der Waals surface area contributed by atoms with Crippen LogP contribution in [0.25, 0.3) is 0 Å². The summed E-state index contributed by atoms with van der Waals surface area (Å²) in [6.07, 6.45) is 4.18. The first-order chi connectivity index (χ1) is 7.83. The Kier molecular flexibility index (Phi) is 3.47. The number of benzene rings is 1. The molecule has 0 saturated carbocycles. The summed E-state index contributed by atoms with van der Waals surface area (Å²) in [4.78, 5) is 0. The van der Waals surface area contributed by atoms with Crippen LogP contribution in [0.15, 0.2) is 36.1 Å². The summed E-state index contributed by atoms with van der Waals surface area (Å²) in [5.41, 5.74) is 7.14. The summed E-state index contributed by atoms with van der Waals surface area (Å²) in [6.45, 7) is 0.759. The molecule has 3 nitrogen and oxygen atoms in total. The molecule has 86 valence electrons. The van der Waals surface area contributed by atoms with Crippen LogP contribution in [-0.4, -0.2) is 13.7 Å². The fourth-order valence-corrected chi connectivity index (χ4v) is 1.87. The zero-order chi connectivity index (χ0) is 11.4. The van der Waals surface area contributed by atoms with Gasteiger partial charge in [0.2, 0.25) is 0 Å². The molecule has 0 aliphatic carbocycles. The van der Waals surface area contributed by atoms with Gasteiger partial charge in [0.15, 0.2) is 0 Å². The van der Waals surface area contributed by atoms with Gasteiger partial charge in [-0.1, -0.05) is 18.2 Å². The van der Waals surface area contributed by atoms with E-state index in [0.29, 0.717) is 0 Å². The van der Waals surface area contributed by atoms with Crippen molar-refractivity contribution in [2.75, 3.05) is 13.7 Å². The average molecular weight is 219 g/mol. The van der Waals surface area contributed by atoms with Crippen LogP contribution >= 0.6 is 0 Å². The lowest BCUT2D eigenvalue weighted by molar-refractivity contribution is 0.175. The maximum Gasteiger partial charge on any atom is 0.124 e. The van der Waals surface area contributed by atoms with Crippen LogP contribution in [0, 0.1) is 0 Å². The molecule has 2 N–H and O–H groups in total. The molecule has 0 saturated heterocycles. The van der Waals surface area contributed by atoms with Gasteiger partial charge in [0.1, 0.15) is 11.5 Å². The van der Waals surface area contributed by atoms with Crippen molar-refractivity contribution in [2.24, 2.45) is 5.73 Å².